The standard InChI is InChI=1S/C22H28N4O3/c1-3-11-26(12-4-2)22(29)17-8-6-9-18(14-17)24-15-20(27)25-19-10-5-7-16(13-19)21(23)28/h5-10,13-14,24H,3-4,11-12,15H2,1-2H3,(H2,23,28)(H,25,27). The summed E-state index contributed by atoms with van der Waals surface area (Å²) in [5.41, 5.74) is 7.34. The van der Waals surface area contributed by atoms with Crippen molar-refractivity contribution >= 4 is 29.1 Å². The second-order valence-electron chi connectivity index (χ2n) is 6.72. The van der Waals surface area contributed by atoms with Crippen molar-refractivity contribution in [2.45, 2.75) is 26.7 Å². The first-order valence-electron chi connectivity index (χ1n) is 9.77. The van der Waals surface area contributed by atoms with Crippen LogP contribution in [0.5, 0.6) is 0 Å². The molecule has 0 saturated carbocycles. The van der Waals surface area contributed by atoms with E-state index in [2.05, 4.69) is 10.6 Å². The van der Waals surface area contributed by atoms with Crippen molar-refractivity contribution in [3.63, 3.8) is 0 Å². The molecule has 0 aromatic heterocycles. The van der Waals surface area contributed by atoms with Gasteiger partial charge >= 0.3 is 0 Å². The van der Waals surface area contributed by atoms with E-state index in [0.29, 0.717) is 22.5 Å². The molecule has 0 aliphatic heterocycles. The van der Waals surface area contributed by atoms with Gasteiger partial charge in [-0.1, -0.05) is 26.0 Å². The smallest absolute Gasteiger partial charge is 0.253 e. The minimum atomic E-state index is -0.555. The largest absolute Gasteiger partial charge is 0.376 e. The third-order valence-electron chi connectivity index (χ3n) is 4.27. The maximum absolute atomic E-state index is 12.7. The molecule has 0 radical (unpaired) electrons. The summed E-state index contributed by atoms with van der Waals surface area (Å²) in [5, 5.41) is 5.74. The number of nitrogens with one attached hydrogen (secondary N) is 2. The molecule has 154 valence electrons. The Bertz CT molecular complexity index is 861. The van der Waals surface area contributed by atoms with Crippen molar-refractivity contribution in [3.05, 3.63) is 59.7 Å². The number of nitrogens with zero attached hydrogens (tertiary/aromatic N) is 1. The molecule has 0 spiro atoms. The second-order valence-corrected chi connectivity index (χ2v) is 6.72. The van der Waals surface area contributed by atoms with Crippen LogP contribution in [0.3, 0.4) is 0 Å². The molecule has 29 heavy (non-hydrogen) atoms. The Balaban J connectivity index is 1.98. The van der Waals surface area contributed by atoms with Gasteiger partial charge in [0.1, 0.15) is 0 Å². The summed E-state index contributed by atoms with van der Waals surface area (Å²) < 4.78 is 0. The minimum absolute atomic E-state index is 0.00920. The van der Waals surface area contributed by atoms with E-state index in [1.54, 1.807) is 36.4 Å². The van der Waals surface area contributed by atoms with Gasteiger partial charge in [0, 0.05) is 35.6 Å². The molecule has 7 heteroatoms. The summed E-state index contributed by atoms with van der Waals surface area (Å²) >= 11 is 0. The first-order chi connectivity index (χ1) is 13.9. The number of anilines is 2. The molecule has 0 heterocycles. The summed E-state index contributed by atoms with van der Waals surface area (Å²) in [4.78, 5) is 38.0. The van der Waals surface area contributed by atoms with Gasteiger partial charge in [-0.25, -0.2) is 0 Å². The average Bonchev–Trinajstić information content (AvgIpc) is 2.72. The number of benzene rings is 2. The zero-order valence-electron chi connectivity index (χ0n) is 16.9. The van der Waals surface area contributed by atoms with Gasteiger partial charge in [-0.3, -0.25) is 14.4 Å². The van der Waals surface area contributed by atoms with Crippen LogP contribution in [0.25, 0.3) is 0 Å². The number of nitrogens with two attached hydrogens (primary N) is 1. The lowest BCUT2D eigenvalue weighted by molar-refractivity contribution is -0.114. The predicted octanol–water partition coefficient (Wildman–Crippen LogP) is 3.10. The average molecular weight is 396 g/mol. The number of hydrogen-bond donors (Lipinski definition) is 3. The molecule has 0 atom stereocenters. The summed E-state index contributed by atoms with van der Waals surface area (Å²) in [6, 6.07) is 13.6. The Morgan fingerprint density at radius 3 is 2.10 bits per heavy atom. The lowest BCUT2D eigenvalue weighted by atomic mass is 10.1. The molecule has 0 aliphatic rings. The fourth-order valence-corrected chi connectivity index (χ4v) is 2.94. The van der Waals surface area contributed by atoms with Gasteiger partial charge in [-0.05, 0) is 49.2 Å². The second kappa shape index (κ2) is 10.8. The van der Waals surface area contributed by atoms with Crippen LogP contribution in [0.15, 0.2) is 48.5 Å². The van der Waals surface area contributed by atoms with Crippen molar-refractivity contribution in [3.8, 4) is 0 Å². The number of rotatable bonds is 10. The lowest BCUT2D eigenvalue weighted by Gasteiger charge is -2.21. The van der Waals surface area contributed by atoms with E-state index >= 15 is 0 Å². The highest BCUT2D eigenvalue weighted by Crippen LogP contribution is 2.14. The van der Waals surface area contributed by atoms with Crippen LogP contribution in [0, 0.1) is 0 Å². The van der Waals surface area contributed by atoms with Gasteiger partial charge in [0.15, 0.2) is 0 Å². The summed E-state index contributed by atoms with van der Waals surface area (Å²) in [6.45, 7) is 5.55. The summed E-state index contributed by atoms with van der Waals surface area (Å²) in [7, 11) is 0. The van der Waals surface area contributed by atoms with E-state index in [-0.39, 0.29) is 18.4 Å². The molecule has 2 aromatic rings. The molecule has 0 bridgehead atoms. The molecule has 2 aromatic carbocycles. The fraction of sp³-hybridized carbons (Fsp3) is 0.318. The van der Waals surface area contributed by atoms with Crippen molar-refractivity contribution in [1.29, 1.82) is 0 Å². The molecule has 0 unspecified atom stereocenters. The van der Waals surface area contributed by atoms with Gasteiger partial charge in [-0.15, -0.1) is 0 Å². The van der Waals surface area contributed by atoms with Crippen LogP contribution in [0.1, 0.15) is 47.4 Å². The highest BCUT2D eigenvalue weighted by Gasteiger charge is 2.14. The number of amides is 3. The number of hydrogen-bond acceptors (Lipinski definition) is 4. The monoisotopic (exact) mass is 396 g/mol. The first kappa shape index (κ1) is 21.9. The quantitative estimate of drug-likeness (QED) is 0.574. The van der Waals surface area contributed by atoms with E-state index in [0.717, 1.165) is 25.9 Å². The zero-order chi connectivity index (χ0) is 21.2. The molecule has 4 N–H and O–H groups in total. The van der Waals surface area contributed by atoms with E-state index in [9.17, 15) is 14.4 Å². The molecule has 0 saturated heterocycles. The minimum Gasteiger partial charge on any atom is -0.376 e. The lowest BCUT2D eigenvalue weighted by Crippen LogP contribution is -2.32. The number of carbonyl (C=O) groups excluding carboxylic acids is 3. The third-order valence-corrected chi connectivity index (χ3v) is 4.27. The van der Waals surface area contributed by atoms with Crippen LogP contribution >= 0.6 is 0 Å². The number of carbonyl (C=O) groups is 3. The van der Waals surface area contributed by atoms with E-state index < -0.39 is 5.91 Å². The van der Waals surface area contributed by atoms with Crippen LogP contribution in [-0.4, -0.2) is 42.3 Å². The highest BCUT2D eigenvalue weighted by molar-refractivity contribution is 5.98. The molecular weight excluding hydrogens is 368 g/mol. The zero-order valence-corrected chi connectivity index (χ0v) is 16.9. The molecule has 0 fully saturated rings. The maximum atomic E-state index is 12.7. The Labute approximate surface area is 171 Å². The Morgan fingerprint density at radius 1 is 0.897 bits per heavy atom. The van der Waals surface area contributed by atoms with Crippen LogP contribution < -0.4 is 16.4 Å². The van der Waals surface area contributed by atoms with E-state index in [4.69, 9.17) is 5.73 Å². The van der Waals surface area contributed by atoms with Crippen molar-refractivity contribution in [1.82, 2.24) is 4.90 Å². The number of primary amides is 1. The van der Waals surface area contributed by atoms with Gasteiger partial charge in [0.25, 0.3) is 5.91 Å². The van der Waals surface area contributed by atoms with Gasteiger partial charge in [0.2, 0.25) is 11.8 Å². The third kappa shape index (κ3) is 6.64. The van der Waals surface area contributed by atoms with Gasteiger partial charge in [-0.2, -0.15) is 0 Å². The Hall–Kier alpha value is -3.35. The summed E-state index contributed by atoms with van der Waals surface area (Å²) in [5.74, 6) is -0.840. The molecule has 7 nitrogen and oxygen atoms in total. The van der Waals surface area contributed by atoms with Gasteiger partial charge in [0.05, 0.1) is 6.54 Å². The Kier molecular flexibility index (Phi) is 8.21. The predicted molar refractivity (Wildman–Crippen MR) is 115 cm³/mol. The normalized spacial score (nSPS) is 10.3. The molecular formula is C22H28N4O3. The van der Waals surface area contributed by atoms with E-state index in [1.807, 2.05) is 24.8 Å². The van der Waals surface area contributed by atoms with E-state index in [1.165, 1.54) is 6.07 Å². The van der Waals surface area contributed by atoms with Crippen molar-refractivity contribution < 1.29 is 14.4 Å². The van der Waals surface area contributed by atoms with Gasteiger partial charge < -0.3 is 21.3 Å². The summed E-state index contributed by atoms with van der Waals surface area (Å²) in [6.07, 6.45) is 1.81. The fourth-order valence-electron chi connectivity index (χ4n) is 2.94. The SMILES string of the molecule is CCCN(CCC)C(=O)c1cccc(NCC(=O)Nc2cccc(C(N)=O)c2)c1. The van der Waals surface area contributed by atoms with Crippen LogP contribution in [0.2, 0.25) is 0 Å². The van der Waals surface area contributed by atoms with Crippen LogP contribution in [0.4, 0.5) is 11.4 Å². The van der Waals surface area contributed by atoms with Crippen molar-refractivity contribution in [2.75, 3.05) is 30.3 Å². The molecule has 2 rings (SSSR count). The topological polar surface area (TPSA) is 105 Å². The Morgan fingerprint density at radius 2 is 1.48 bits per heavy atom. The van der Waals surface area contributed by atoms with Crippen molar-refractivity contribution in [2.24, 2.45) is 5.73 Å². The van der Waals surface area contributed by atoms with Crippen LogP contribution in [-0.2, 0) is 4.79 Å². The molecule has 0 aliphatic carbocycles. The highest BCUT2D eigenvalue weighted by atomic mass is 16.2. The maximum Gasteiger partial charge on any atom is 0.253 e. The molecule has 3 amide bonds. The first-order valence-corrected chi connectivity index (χ1v) is 9.77.